The number of hydrogen-bond donors (Lipinski definition) is 1. The molecule has 2 aromatic rings. The maximum Gasteiger partial charge on any atom is 0.157 e. The molecule has 0 radical (unpaired) electrons. The molecule has 0 aromatic carbocycles. The quantitative estimate of drug-likeness (QED) is 0.896. The van der Waals surface area contributed by atoms with E-state index in [9.17, 15) is 0 Å². The summed E-state index contributed by atoms with van der Waals surface area (Å²) in [4.78, 5) is 2.57. The summed E-state index contributed by atoms with van der Waals surface area (Å²) in [6, 6.07) is 4.23. The number of nitrogens with zero attached hydrogens (tertiary/aromatic N) is 2. The molecule has 0 amide bonds. The normalized spacial score (nSPS) is 13.0. The summed E-state index contributed by atoms with van der Waals surface area (Å²) in [5.41, 5.74) is 5.75. The molecule has 0 bridgehead atoms. The number of aromatic nitrogens is 2. The van der Waals surface area contributed by atoms with Gasteiger partial charge in [0, 0.05) is 4.88 Å². The second-order valence-corrected chi connectivity index (χ2v) is 5.53. The van der Waals surface area contributed by atoms with E-state index in [-0.39, 0.29) is 6.04 Å². The molecule has 2 N–H and O–H groups in total. The number of rotatable bonds is 3. The lowest BCUT2D eigenvalue weighted by molar-refractivity contribution is 0.786. The smallest absolute Gasteiger partial charge is 0.157 e. The summed E-state index contributed by atoms with van der Waals surface area (Å²) < 4.78 is 0. The molecular formula is C10H13N3S2. The van der Waals surface area contributed by atoms with Crippen LogP contribution in [0, 0.1) is 0 Å². The molecule has 2 rings (SSSR count). The zero-order valence-corrected chi connectivity index (χ0v) is 10.4. The highest BCUT2D eigenvalue weighted by Crippen LogP contribution is 2.31. The Hall–Kier alpha value is -0.780. The Morgan fingerprint density at radius 3 is 2.67 bits per heavy atom. The van der Waals surface area contributed by atoms with Gasteiger partial charge in [0.05, 0.1) is 10.9 Å². The van der Waals surface area contributed by atoms with Crippen LogP contribution in [0.2, 0.25) is 0 Å². The van der Waals surface area contributed by atoms with Gasteiger partial charge in [0.1, 0.15) is 5.01 Å². The Morgan fingerprint density at radius 2 is 2.13 bits per heavy atom. The molecule has 0 aliphatic rings. The topological polar surface area (TPSA) is 51.8 Å². The van der Waals surface area contributed by atoms with E-state index >= 15 is 0 Å². The highest BCUT2D eigenvalue weighted by atomic mass is 32.1. The molecule has 5 heteroatoms. The van der Waals surface area contributed by atoms with Crippen LogP contribution in [-0.4, -0.2) is 10.2 Å². The number of nitrogens with two attached hydrogens (primary N) is 1. The van der Waals surface area contributed by atoms with E-state index in [2.05, 4.69) is 29.3 Å². The molecule has 0 fully saturated rings. The fourth-order valence-electron chi connectivity index (χ4n) is 1.20. The summed E-state index contributed by atoms with van der Waals surface area (Å²) in [7, 11) is 0. The highest BCUT2D eigenvalue weighted by Gasteiger charge is 2.11. The van der Waals surface area contributed by atoms with Crippen molar-refractivity contribution in [3.05, 3.63) is 22.0 Å². The van der Waals surface area contributed by atoms with Crippen LogP contribution >= 0.6 is 22.7 Å². The third-order valence-electron chi connectivity index (χ3n) is 2.05. The molecule has 15 heavy (non-hydrogen) atoms. The molecule has 1 unspecified atom stereocenters. The summed E-state index contributed by atoms with van der Waals surface area (Å²) in [6.07, 6.45) is 1.07. The lowest BCUT2D eigenvalue weighted by atomic mass is 10.4. The van der Waals surface area contributed by atoms with E-state index < -0.39 is 0 Å². The molecule has 2 aromatic heterocycles. The van der Waals surface area contributed by atoms with Crippen molar-refractivity contribution in [2.75, 3.05) is 0 Å². The molecule has 0 spiro atoms. The van der Waals surface area contributed by atoms with Gasteiger partial charge < -0.3 is 5.73 Å². The van der Waals surface area contributed by atoms with E-state index in [1.165, 1.54) is 9.75 Å². The average molecular weight is 239 g/mol. The molecule has 1 atom stereocenters. The van der Waals surface area contributed by atoms with E-state index in [0.717, 1.165) is 16.4 Å². The second-order valence-electron chi connectivity index (χ2n) is 3.35. The van der Waals surface area contributed by atoms with Gasteiger partial charge in [0.25, 0.3) is 0 Å². The Balaban J connectivity index is 2.28. The van der Waals surface area contributed by atoms with Gasteiger partial charge in [-0.25, -0.2) is 0 Å². The van der Waals surface area contributed by atoms with Crippen molar-refractivity contribution in [3.8, 4) is 9.88 Å². The summed E-state index contributed by atoms with van der Waals surface area (Å²) in [5, 5.41) is 10.1. The standard InChI is InChI=1S/C10H13N3S2/c1-3-7-4-5-8(14-7)10-13-12-9(15-10)6(2)11/h4-6H,3,11H2,1-2H3. The van der Waals surface area contributed by atoms with Crippen molar-refractivity contribution in [1.82, 2.24) is 10.2 Å². The first kappa shape index (κ1) is 10.7. The van der Waals surface area contributed by atoms with Crippen molar-refractivity contribution in [2.45, 2.75) is 26.3 Å². The van der Waals surface area contributed by atoms with E-state index in [0.29, 0.717) is 0 Å². The highest BCUT2D eigenvalue weighted by molar-refractivity contribution is 7.21. The average Bonchev–Trinajstić information content (AvgIpc) is 2.86. The van der Waals surface area contributed by atoms with Gasteiger partial charge in [-0.05, 0) is 25.5 Å². The third kappa shape index (κ3) is 2.25. The maximum atomic E-state index is 5.75. The van der Waals surface area contributed by atoms with Crippen LogP contribution in [0.3, 0.4) is 0 Å². The van der Waals surface area contributed by atoms with Crippen LogP contribution in [0.15, 0.2) is 12.1 Å². The van der Waals surface area contributed by atoms with Gasteiger partial charge >= 0.3 is 0 Å². The fourth-order valence-corrected chi connectivity index (χ4v) is 2.99. The minimum absolute atomic E-state index is 0.0261. The second kappa shape index (κ2) is 4.38. The first-order valence-electron chi connectivity index (χ1n) is 4.88. The van der Waals surface area contributed by atoms with Gasteiger partial charge in [-0.3, -0.25) is 0 Å². The van der Waals surface area contributed by atoms with Crippen molar-refractivity contribution in [1.29, 1.82) is 0 Å². The Labute approximate surface area is 97.0 Å². The SMILES string of the molecule is CCc1ccc(-c2nnc(C(C)N)s2)s1. The largest absolute Gasteiger partial charge is 0.322 e. The van der Waals surface area contributed by atoms with Crippen molar-refractivity contribution in [3.63, 3.8) is 0 Å². The summed E-state index contributed by atoms with van der Waals surface area (Å²) in [5.74, 6) is 0. The minimum Gasteiger partial charge on any atom is -0.322 e. The molecule has 0 saturated carbocycles. The van der Waals surface area contributed by atoms with Gasteiger partial charge in [-0.15, -0.1) is 21.5 Å². The van der Waals surface area contributed by atoms with Crippen LogP contribution in [0.1, 0.15) is 29.8 Å². The predicted octanol–water partition coefficient (Wildman–Crippen LogP) is 2.85. The third-order valence-corrected chi connectivity index (χ3v) is 4.57. The van der Waals surface area contributed by atoms with Crippen molar-refractivity contribution < 1.29 is 0 Å². The zero-order chi connectivity index (χ0) is 10.8. The summed E-state index contributed by atoms with van der Waals surface area (Å²) >= 11 is 3.36. The van der Waals surface area contributed by atoms with Crippen molar-refractivity contribution >= 4 is 22.7 Å². The molecule has 0 aliphatic carbocycles. The van der Waals surface area contributed by atoms with Crippen molar-refractivity contribution in [2.24, 2.45) is 5.73 Å². The maximum absolute atomic E-state index is 5.75. The number of hydrogen-bond acceptors (Lipinski definition) is 5. The van der Waals surface area contributed by atoms with E-state index in [1.54, 1.807) is 22.7 Å². The molecule has 0 aliphatic heterocycles. The lowest BCUT2D eigenvalue weighted by Gasteiger charge is -1.94. The van der Waals surface area contributed by atoms with Gasteiger partial charge in [0.15, 0.2) is 5.01 Å². The number of thiophene rings is 1. The fraction of sp³-hybridized carbons (Fsp3) is 0.400. The van der Waals surface area contributed by atoms with Gasteiger partial charge in [-0.1, -0.05) is 18.3 Å². The van der Waals surface area contributed by atoms with Crippen LogP contribution < -0.4 is 5.73 Å². The van der Waals surface area contributed by atoms with Gasteiger partial charge in [0.2, 0.25) is 0 Å². The molecule has 3 nitrogen and oxygen atoms in total. The monoisotopic (exact) mass is 239 g/mol. The molecule has 0 saturated heterocycles. The lowest BCUT2D eigenvalue weighted by Crippen LogP contribution is -2.03. The minimum atomic E-state index is -0.0261. The van der Waals surface area contributed by atoms with Gasteiger partial charge in [-0.2, -0.15) is 0 Å². The van der Waals surface area contributed by atoms with Crippen LogP contribution in [0.4, 0.5) is 0 Å². The molecular weight excluding hydrogens is 226 g/mol. The van der Waals surface area contributed by atoms with Crippen LogP contribution in [0.5, 0.6) is 0 Å². The first-order valence-corrected chi connectivity index (χ1v) is 6.52. The van der Waals surface area contributed by atoms with E-state index in [1.807, 2.05) is 6.92 Å². The Bertz CT molecular complexity index is 445. The zero-order valence-electron chi connectivity index (χ0n) is 8.73. The Kier molecular flexibility index (Phi) is 3.14. The first-order chi connectivity index (χ1) is 7.20. The molecule has 80 valence electrons. The van der Waals surface area contributed by atoms with Crippen LogP contribution in [-0.2, 0) is 6.42 Å². The summed E-state index contributed by atoms with van der Waals surface area (Å²) in [6.45, 7) is 4.08. The Morgan fingerprint density at radius 1 is 1.33 bits per heavy atom. The predicted molar refractivity (Wildman–Crippen MR) is 65.2 cm³/mol. The molecule has 2 heterocycles. The number of aryl methyl sites for hydroxylation is 1. The van der Waals surface area contributed by atoms with Crippen LogP contribution in [0.25, 0.3) is 9.88 Å². The van der Waals surface area contributed by atoms with E-state index in [4.69, 9.17) is 5.73 Å².